The predicted octanol–water partition coefficient (Wildman–Crippen LogP) is 1.98. The average Bonchev–Trinajstić information content (AvgIpc) is 2.86. The van der Waals surface area contributed by atoms with Gasteiger partial charge in [0.25, 0.3) is 0 Å². The smallest absolute Gasteiger partial charge is 0.313 e. The third-order valence-corrected chi connectivity index (χ3v) is 4.20. The fourth-order valence-corrected chi connectivity index (χ4v) is 3.19. The van der Waals surface area contributed by atoms with Crippen LogP contribution in [0.3, 0.4) is 0 Å². The number of aromatic nitrogens is 2. The van der Waals surface area contributed by atoms with Crippen LogP contribution in [0.15, 0.2) is 18.6 Å². The predicted molar refractivity (Wildman–Crippen MR) is 87.6 cm³/mol. The van der Waals surface area contributed by atoms with Crippen molar-refractivity contribution < 1.29 is 14.3 Å². The van der Waals surface area contributed by atoms with Gasteiger partial charge in [0, 0.05) is 9.75 Å². The molecule has 2 rings (SSSR count). The molecule has 122 valence electrons. The van der Waals surface area contributed by atoms with Gasteiger partial charge in [-0.05, 0) is 32.4 Å². The lowest BCUT2D eigenvalue weighted by Crippen LogP contribution is -2.37. The second-order valence-corrected chi connectivity index (χ2v) is 6.42. The molecule has 0 saturated carbocycles. The third kappa shape index (κ3) is 4.04. The number of amides is 2. The van der Waals surface area contributed by atoms with E-state index in [1.54, 1.807) is 11.3 Å². The summed E-state index contributed by atoms with van der Waals surface area (Å²) in [5.41, 5.74) is 1.25. The van der Waals surface area contributed by atoms with Gasteiger partial charge in [-0.2, -0.15) is 4.98 Å². The zero-order chi connectivity index (χ0) is 17.0. The molecule has 2 aromatic heterocycles. The quantitative estimate of drug-likeness (QED) is 0.834. The lowest BCUT2D eigenvalue weighted by molar-refractivity contribution is -0.136. The van der Waals surface area contributed by atoms with Gasteiger partial charge in [0.15, 0.2) is 0 Å². The van der Waals surface area contributed by atoms with E-state index >= 15 is 0 Å². The number of nitrogens with one attached hydrogen (secondary N) is 2. The van der Waals surface area contributed by atoms with Gasteiger partial charge < -0.3 is 15.4 Å². The standard InChI is InChI=1S/C15H18N4O3S/c1-8-5-11(10(3)23-8)9(2)18-13(20)14(21)19-12-6-16-7-17-15(12)22-4/h5-7,9H,1-4H3,(H,18,20)(H,19,21). The van der Waals surface area contributed by atoms with Crippen molar-refractivity contribution in [2.45, 2.75) is 26.8 Å². The van der Waals surface area contributed by atoms with Crippen LogP contribution in [0.4, 0.5) is 5.69 Å². The normalized spacial score (nSPS) is 11.7. The molecular weight excluding hydrogens is 316 g/mol. The van der Waals surface area contributed by atoms with Gasteiger partial charge in [0.2, 0.25) is 5.88 Å². The Labute approximate surface area is 138 Å². The third-order valence-electron chi connectivity index (χ3n) is 3.22. The molecule has 0 saturated heterocycles. The van der Waals surface area contributed by atoms with Gasteiger partial charge >= 0.3 is 11.8 Å². The van der Waals surface area contributed by atoms with E-state index in [1.807, 2.05) is 26.8 Å². The molecule has 0 aliphatic carbocycles. The van der Waals surface area contributed by atoms with Crippen molar-refractivity contribution in [2.24, 2.45) is 0 Å². The summed E-state index contributed by atoms with van der Waals surface area (Å²) in [5.74, 6) is -1.33. The van der Waals surface area contributed by atoms with E-state index in [0.717, 1.165) is 15.3 Å². The molecule has 2 amide bonds. The van der Waals surface area contributed by atoms with E-state index in [4.69, 9.17) is 4.74 Å². The summed E-state index contributed by atoms with van der Waals surface area (Å²) in [5, 5.41) is 5.12. The number of carbonyl (C=O) groups is 2. The highest BCUT2D eigenvalue weighted by atomic mass is 32.1. The maximum absolute atomic E-state index is 12.0. The van der Waals surface area contributed by atoms with Gasteiger partial charge in [-0.15, -0.1) is 11.3 Å². The Morgan fingerprint density at radius 1 is 1.30 bits per heavy atom. The lowest BCUT2D eigenvalue weighted by atomic mass is 10.1. The van der Waals surface area contributed by atoms with Crippen LogP contribution in [-0.2, 0) is 9.59 Å². The fraction of sp³-hybridized carbons (Fsp3) is 0.333. The van der Waals surface area contributed by atoms with Crippen molar-refractivity contribution in [2.75, 3.05) is 12.4 Å². The first-order valence-electron chi connectivity index (χ1n) is 6.95. The fourth-order valence-electron chi connectivity index (χ4n) is 2.17. The minimum atomic E-state index is -0.797. The van der Waals surface area contributed by atoms with Gasteiger partial charge in [0.05, 0.1) is 19.3 Å². The molecule has 1 unspecified atom stereocenters. The minimum Gasteiger partial charge on any atom is -0.479 e. The van der Waals surface area contributed by atoms with Crippen molar-refractivity contribution in [3.63, 3.8) is 0 Å². The number of hydrogen-bond acceptors (Lipinski definition) is 6. The maximum Gasteiger partial charge on any atom is 0.313 e. The van der Waals surface area contributed by atoms with E-state index in [9.17, 15) is 9.59 Å². The molecule has 2 heterocycles. The second-order valence-electron chi connectivity index (χ2n) is 4.96. The molecule has 0 aromatic carbocycles. The van der Waals surface area contributed by atoms with Crippen LogP contribution in [-0.4, -0.2) is 28.9 Å². The van der Waals surface area contributed by atoms with Crippen molar-refractivity contribution in [3.05, 3.63) is 33.9 Å². The molecule has 2 aromatic rings. The first-order valence-corrected chi connectivity index (χ1v) is 7.76. The van der Waals surface area contributed by atoms with E-state index in [0.29, 0.717) is 0 Å². The number of ether oxygens (including phenoxy) is 1. The number of rotatable bonds is 4. The van der Waals surface area contributed by atoms with Crippen molar-refractivity contribution >= 4 is 28.8 Å². The summed E-state index contributed by atoms with van der Waals surface area (Å²) in [6.45, 7) is 5.83. The molecule has 2 N–H and O–H groups in total. The summed E-state index contributed by atoms with van der Waals surface area (Å²) in [4.78, 5) is 34.0. The zero-order valence-electron chi connectivity index (χ0n) is 13.3. The lowest BCUT2D eigenvalue weighted by Gasteiger charge is -2.14. The molecule has 0 bridgehead atoms. The second kappa shape index (κ2) is 7.19. The van der Waals surface area contributed by atoms with Crippen LogP contribution in [0.5, 0.6) is 5.88 Å². The number of carbonyl (C=O) groups excluding carboxylic acids is 2. The number of anilines is 1. The molecule has 8 heteroatoms. The summed E-state index contributed by atoms with van der Waals surface area (Å²) >= 11 is 1.66. The van der Waals surface area contributed by atoms with Crippen molar-refractivity contribution in [1.29, 1.82) is 0 Å². The number of methoxy groups -OCH3 is 1. The van der Waals surface area contributed by atoms with Gasteiger partial charge in [-0.1, -0.05) is 0 Å². The number of thiophene rings is 1. The highest BCUT2D eigenvalue weighted by molar-refractivity contribution is 7.12. The van der Waals surface area contributed by atoms with E-state index < -0.39 is 11.8 Å². The Morgan fingerprint density at radius 3 is 2.65 bits per heavy atom. The monoisotopic (exact) mass is 334 g/mol. The maximum atomic E-state index is 12.0. The van der Waals surface area contributed by atoms with Crippen LogP contribution >= 0.6 is 11.3 Å². The summed E-state index contributed by atoms with van der Waals surface area (Å²) < 4.78 is 5.00. The Hall–Kier alpha value is -2.48. The largest absolute Gasteiger partial charge is 0.479 e. The highest BCUT2D eigenvalue weighted by Crippen LogP contribution is 2.26. The van der Waals surface area contributed by atoms with Crippen LogP contribution < -0.4 is 15.4 Å². The molecule has 7 nitrogen and oxygen atoms in total. The van der Waals surface area contributed by atoms with Crippen LogP contribution in [0.2, 0.25) is 0 Å². The molecule has 0 aliphatic heterocycles. The molecular formula is C15H18N4O3S. The minimum absolute atomic E-state index is 0.193. The Balaban J connectivity index is 2.03. The Morgan fingerprint density at radius 2 is 2.04 bits per heavy atom. The topological polar surface area (TPSA) is 93.2 Å². The van der Waals surface area contributed by atoms with Gasteiger partial charge in [-0.25, -0.2) is 4.98 Å². The summed E-state index contributed by atoms with van der Waals surface area (Å²) in [6.07, 6.45) is 2.66. The first kappa shape index (κ1) is 16.9. The zero-order valence-corrected chi connectivity index (χ0v) is 14.2. The van der Waals surface area contributed by atoms with Crippen LogP contribution in [0.1, 0.15) is 28.3 Å². The van der Waals surface area contributed by atoms with Crippen LogP contribution in [0, 0.1) is 13.8 Å². The summed E-state index contributed by atoms with van der Waals surface area (Å²) in [6, 6.07) is 1.75. The number of nitrogens with zero attached hydrogens (tertiary/aromatic N) is 2. The highest BCUT2D eigenvalue weighted by Gasteiger charge is 2.20. The SMILES string of the molecule is COc1ncncc1NC(=O)C(=O)NC(C)c1cc(C)sc1C. The van der Waals surface area contributed by atoms with E-state index in [1.165, 1.54) is 19.6 Å². The van der Waals surface area contributed by atoms with Gasteiger partial charge in [0.1, 0.15) is 12.0 Å². The van der Waals surface area contributed by atoms with Crippen molar-refractivity contribution in [1.82, 2.24) is 15.3 Å². The summed E-state index contributed by atoms with van der Waals surface area (Å²) in [7, 11) is 1.42. The Kier molecular flexibility index (Phi) is 5.28. The number of aryl methyl sites for hydroxylation is 2. The van der Waals surface area contributed by atoms with Crippen molar-refractivity contribution in [3.8, 4) is 5.88 Å². The van der Waals surface area contributed by atoms with Crippen LogP contribution in [0.25, 0.3) is 0 Å². The number of hydrogen-bond donors (Lipinski definition) is 2. The molecule has 0 fully saturated rings. The molecule has 0 aliphatic rings. The first-order chi connectivity index (χ1) is 10.9. The molecule has 0 spiro atoms. The van der Waals surface area contributed by atoms with Gasteiger partial charge in [-0.3, -0.25) is 9.59 Å². The molecule has 23 heavy (non-hydrogen) atoms. The van der Waals surface area contributed by atoms with E-state index in [-0.39, 0.29) is 17.6 Å². The molecule has 0 radical (unpaired) electrons. The van der Waals surface area contributed by atoms with E-state index in [2.05, 4.69) is 20.6 Å². The Bertz CT molecular complexity index is 729. The molecule has 1 atom stereocenters. The average molecular weight is 334 g/mol.